The molecule has 40 heavy (non-hydrogen) atoms. The van der Waals surface area contributed by atoms with E-state index in [-0.39, 0.29) is 47.4 Å². The quantitative estimate of drug-likeness (QED) is 0.542. The molecular formula is C32H37NO7. The first-order valence-electron chi connectivity index (χ1n) is 14.7. The first kappa shape index (κ1) is 26.1. The van der Waals surface area contributed by atoms with Gasteiger partial charge >= 0.3 is 6.08 Å². The Kier molecular flexibility index (Phi) is 5.94. The first-order valence-corrected chi connectivity index (χ1v) is 14.7. The molecule has 2 heterocycles. The lowest BCUT2D eigenvalue weighted by Gasteiger charge is -2.59. The van der Waals surface area contributed by atoms with Crippen LogP contribution in [0.3, 0.4) is 0 Å². The van der Waals surface area contributed by atoms with Crippen LogP contribution in [0.15, 0.2) is 52.5 Å². The molecule has 0 bridgehead atoms. The van der Waals surface area contributed by atoms with Crippen LogP contribution in [-0.2, 0) is 19.1 Å². The van der Waals surface area contributed by atoms with Crippen LogP contribution in [0.5, 0.6) is 6.08 Å². The van der Waals surface area contributed by atoms with Crippen molar-refractivity contribution in [1.82, 2.24) is 4.98 Å². The summed E-state index contributed by atoms with van der Waals surface area (Å²) in [4.78, 5) is 30.8. The highest BCUT2D eigenvalue weighted by atomic mass is 16.7. The Bertz CT molecular complexity index is 1390. The minimum absolute atomic E-state index is 0.0173. The fourth-order valence-corrected chi connectivity index (χ4v) is 9.15. The van der Waals surface area contributed by atoms with E-state index in [1.54, 1.807) is 18.2 Å². The van der Waals surface area contributed by atoms with E-state index in [4.69, 9.17) is 18.6 Å². The third-order valence-electron chi connectivity index (χ3n) is 10.8. The zero-order chi connectivity index (χ0) is 27.9. The number of ketones is 2. The smallest absolute Gasteiger partial charge is 0.395 e. The number of aliphatic hydroxyl groups is 1. The zero-order valence-electron chi connectivity index (χ0n) is 23.3. The van der Waals surface area contributed by atoms with Crippen LogP contribution in [-0.4, -0.2) is 52.4 Å². The Balaban J connectivity index is 1.22. The van der Waals surface area contributed by atoms with E-state index in [0.29, 0.717) is 30.4 Å². The molecule has 1 aliphatic heterocycles. The van der Waals surface area contributed by atoms with E-state index in [0.717, 1.165) is 24.8 Å². The van der Waals surface area contributed by atoms with Crippen molar-refractivity contribution in [1.29, 1.82) is 0 Å². The fraction of sp³-hybridized carbons (Fsp3) is 0.594. The van der Waals surface area contributed by atoms with Gasteiger partial charge in [-0.15, -0.1) is 0 Å². The van der Waals surface area contributed by atoms with Crippen molar-refractivity contribution in [3.05, 3.63) is 48.1 Å². The second kappa shape index (κ2) is 9.10. The fourth-order valence-electron chi connectivity index (χ4n) is 9.15. The standard InChI is InChI=1S/C32H37NO7/c1-4-7-27-39-26-15-21-20-11-10-18-14-19(34)12-13-30(18,2)28(20)23(35)16-31(21,3)32(26,40-27)25(36)17-37-29-33-22-8-5-6-9-24(22)38-29/h5-6,8-9,12-14,20-21,23,26-28,35H,4,7,10-11,15-17H2,1-3H3/t20?,21?,23-,26+,27+,28?,30?,31?,32+/m0/s1. The number of ether oxygens (including phenoxy) is 3. The summed E-state index contributed by atoms with van der Waals surface area (Å²) >= 11 is 0. The molecule has 2 aromatic rings. The predicted molar refractivity (Wildman–Crippen MR) is 145 cm³/mol. The van der Waals surface area contributed by atoms with Gasteiger partial charge in [0.15, 0.2) is 29.9 Å². The van der Waals surface area contributed by atoms with Crippen LogP contribution in [0.2, 0.25) is 0 Å². The van der Waals surface area contributed by atoms with E-state index in [2.05, 4.69) is 25.8 Å². The second-order valence-electron chi connectivity index (χ2n) is 12.8. The largest absolute Gasteiger partial charge is 0.442 e. The Morgan fingerprint density at radius 2 is 2.08 bits per heavy atom. The molecule has 3 saturated carbocycles. The van der Waals surface area contributed by atoms with Crippen molar-refractivity contribution >= 4 is 22.7 Å². The molecule has 8 heteroatoms. The first-order chi connectivity index (χ1) is 19.2. The SMILES string of the molecule is CCC[C@@H]1O[C@@H]2CC3C4CCC5=CC(=O)C=CC5(C)C4[C@@H](O)CC3(C)[C@]2(C(=O)COc2nc3ccccc3o2)O1. The van der Waals surface area contributed by atoms with E-state index in [9.17, 15) is 14.7 Å². The summed E-state index contributed by atoms with van der Waals surface area (Å²) in [6.45, 7) is 6.08. The van der Waals surface area contributed by atoms with Crippen molar-refractivity contribution in [2.24, 2.45) is 28.6 Å². The molecule has 8 nitrogen and oxygen atoms in total. The molecule has 7 rings (SSSR count). The molecular weight excluding hydrogens is 510 g/mol. The molecule has 212 valence electrons. The summed E-state index contributed by atoms with van der Waals surface area (Å²) in [7, 11) is 0. The van der Waals surface area contributed by atoms with Gasteiger partial charge in [0.05, 0.1) is 12.2 Å². The van der Waals surface area contributed by atoms with Gasteiger partial charge in [-0.2, -0.15) is 4.98 Å². The Morgan fingerprint density at radius 1 is 1.25 bits per heavy atom. The minimum Gasteiger partial charge on any atom is -0.442 e. The molecule has 0 spiro atoms. The van der Waals surface area contributed by atoms with Crippen molar-refractivity contribution in [3.8, 4) is 6.08 Å². The lowest BCUT2D eigenvalue weighted by Crippen LogP contribution is -2.63. The summed E-state index contributed by atoms with van der Waals surface area (Å²) < 4.78 is 24.7. The normalized spacial score (nSPS) is 41.7. The highest BCUT2D eigenvalue weighted by molar-refractivity contribution is 6.01. The van der Waals surface area contributed by atoms with Crippen molar-refractivity contribution < 1.29 is 33.3 Å². The minimum atomic E-state index is -1.23. The number of benzene rings is 1. The predicted octanol–water partition coefficient (Wildman–Crippen LogP) is 4.94. The van der Waals surface area contributed by atoms with Crippen molar-refractivity contribution in [3.63, 3.8) is 0 Å². The second-order valence-corrected chi connectivity index (χ2v) is 12.8. The number of allylic oxidation sites excluding steroid dienone is 4. The van der Waals surface area contributed by atoms with Crippen LogP contribution in [0.25, 0.3) is 11.1 Å². The van der Waals surface area contributed by atoms with Crippen LogP contribution in [0.4, 0.5) is 0 Å². The van der Waals surface area contributed by atoms with Crippen molar-refractivity contribution in [2.75, 3.05) is 6.61 Å². The summed E-state index contributed by atoms with van der Waals surface area (Å²) in [6, 6.07) is 7.36. The van der Waals surface area contributed by atoms with Crippen LogP contribution >= 0.6 is 0 Å². The van der Waals surface area contributed by atoms with Gasteiger partial charge < -0.3 is 23.7 Å². The number of hydrogen-bond donors (Lipinski definition) is 1. The number of fused-ring (bicyclic) bond motifs is 8. The Labute approximate surface area is 233 Å². The highest BCUT2D eigenvalue weighted by Gasteiger charge is 2.75. The average Bonchev–Trinajstić information content (AvgIpc) is 3.57. The lowest BCUT2D eigenvalue weighted by atomic mass is 9.46. The summed E-state index contributed by atoms with van der Waals surface area (Å²) in [6.07, 6.45) is 8.24. The molecule has 9 atom stereocenters. The molecule has 1 saturated heterocycles. The van der Waals surface area contributed by atoms with Crippen molar-refractivity contribution in [2.45, 2.75) is 83.4 Å². The van der Waals surface area contributed by atoms with E-state index in [1.807, 2.05) is 24.3 Å². The molecule has 1 aromatic carbocycles. The van der Waals surface area contributed by atoms with Gasteiger partial charge in [0, 0.05) is 16.7 Å². The highest BCUT2D eigenvalue weighted by Crippen LogP contribution is 2.69. The number of carbonyl (C=O) groups is 2. The Hall–Kier alpha value is -2.81. The number of Topliss-reactive ketones (excluding diaryl/α,β-unsaturated/α-hetero) is 1. The molecule has 5 unspecified atom stereocenters. The molecule has 5 aliphatic rings. The third-order valence-corrected chi connectivity index (χ3v) is 10.8. The lowest BCUT2D eigenvalue weighted by molar-refractivity contribution is -0.200. The van der Waals surface area contributed by atoms with Gasteiger partial charge in [-0.25, -0.2) is 0 Å². The number of aromatic nitrogens is 1. The van der Waals surface area contributed by atoms with Gasteiger partial charge in [-0.1, -0.05) is 51.0 Å². The molecule has 1 N–H and O–H groups in total. The maximum Gasteiger partial charge on any atom is 0.395 e. The monoisotopic (exact) mass is 547 g/mol. The van der Waals surface area contributed by atoms with E-state index in [1.165, 1.54) is 0 Å². The summed E-state index contributed by atoms with van der Waals surface area (Å²) in [5.74, 6) is 0.0665. The number of nitrogens with zero attached hydrogens (tertiary/aromatic N) is 1. The average molecular weight is 548 g/mol. The van der Waals surface area contributed by atoms with Gasteiger partial charge in [-0.05, 0) is 68.2 Å². The number of rotatable bonds is 6. The van der Waals surface area contributed by atoms with Gasteiger partial charge in [0.1, 0.15) is 5.52 Å². The van der Waals surface area contributed by atoms with Crippen LogP contribution < -0.4 is 4.74 Å². The van der Waals surface area contributed by atoms with E-state index < -0.39 is 29.5 Å². The summed E-state index contributed by atoms with van der Waals surface area (Å²) in [5.41, 5.74) is 0.108. The van der Waals surface area contributed by atoms with Crippen LogP contribution in [0.1, 0.15) is 59.3 Å². The maximum atomic E-state index is 14.3. The number of carbonyl (C=O) groups excluding carboxylic acids is 2. The number of oxazole rings is 1. The summed E-state index contributed by atoms with van der Waals surface area (Å²) in [5, 5.41) is 11.9. The van der Waals surface area contributed by atoms with E-state index >= 15 is 0 Å². The van der Waals surface area contributed by atoms with Gasteiger partial charge in [-0.3, -0.25) is 9.59 Å². The molecule has 0 radical (unpaired) electrons. The number of aliphatic hydroxyl groups excluding tert-OH is 1. The zero-order valence-corrected chi connectivity index (χ0v) is 23.3. The molecule has 1 aromatic heterocycles. The van der Waals surface area contributed by atoms with Gasteiger partial charge in [0.25, 0.3) is 0 Å². The third kappa shape index (κ3) is 3.51. The number of para-hydroxylation sites is 2. The number of hydrogen-bond acceptors (Lipinski definition) is 8. The topological polar surface area (TPSA) is 108 Å². The molecule has 0 amide bonds. The maximum absolute atomic E-state index is 14.3. The van der Waals surface area contributed by atoms with Gasteiger partial charge in [0.2, 0.25) is 5.78 Å². The van der Waals surface area contributed by atoms with Crippen LogP contribution in [0, 0.1) is 28.6 Å². The molecule has 4 fully saturated rings. The Morgan fingerprint density at radius 3 is 2.88 bits per heavy atom. The molecule has 4 aliphatic carbocycles.